The van der Waals surface area contributed by atoms with Gasteiger partial charge in [-0.25, -0.2) is 8.78 Å². The van der Waals surface area contributed by atoms with Crippen molar-refractivity contribution in [1.29, 1.82) is 5.26 Å². The predicted molar refractivity (Wildman–Crippen MR) is 38.9 cm³/mol. The average molecular weight is 189 g/mol. The molecule has 0 radical (unpaired) electrons. The normalized spacial score (nSPS) is 9.92. The van der Waals surface area contributed by atoms with Crippen LogP contribution in [0.4, 0.5) is 8.78 Å². The van der Waals surface area contributed by atoms with Crippen LogP contribution in [0, 0.1) is 11.3 Å². The zero-order valence-corrected chi connectivity index (χ0v) is 6.52. The van der Waals surface area contributed by atoms with Crippen molar-refractivity contribution in [2.45, 2.75) is 6.43 Å². The van der Waals surface area contributed by atoms with Crippen molar-refractivity contribution in [2.24, 2.45) is 0 Å². The summed E-state index contributed by atoms with van der Waals surface area (Å²) in [5.41, 5.74) is -0.530. The Bertz CT molecular complexity index is 333. The van der Waals surface area contributed by atoms with Crippen molar-refractivity contribution in [3.8, 4) is 6.07 Å². The minimum absolute atomic E-state index is 0.0157. The molecule has 0 aliphatic carbocycles. The highest BCUT2D eigenvalue weighted by Crippen LogP contribution is 2.26. The summed E-state index contributed by atoms with van der Waals surface area (Å²) < 4.78 is 24.2. The topological polar surface area (TPSA) is 36.7 Å². The molecule has 0 aromatic carbocycles. The first kappa shape index (κ1) is 8.88. The van der Waals surface area contributed by atoms with E-state index in [-0.39, 0.29) is 10.6 Å². The van der Waals surface area contributed by atoms with Gasteiger partial charge in [-0.2, -0.15) is 5.26 Å². The predicted octanol–water partition coefficient (Wildman–Crippen LogP) is 2.54. The molecule has 0 saturated heterocycles. The molecule has 1 aromatic rings. The minimum atomic E-state index is -2.74. The van der Waals surface area contributed by atoms with Crippen LogP contribution < -0.4 is 0 Å². The molecule has 0 fully saturated rings. The number of alkyl halides is 2. The monoisotopic (exact) mass is 188 g/mol. The Morgan fingerprint density at radius 1 is 1.58 bits per heavy atom. The van der Waals surface area contributed by atoms with Crippen LogP contribution in [0.15, 0.2) is 12.3 Å². The second kappa shape index (κ2) is 3.46. The van der Waals surface area contributed by atoms with Crippen LogP contribution in [0.25, 0.3) is 0 Å². The Labute approximate surface area is 72.4 Å². The Kier molecular flexibility index (Phi) is 2.56. The number of nitriles is 1. The minimum Gasteiger partial charge on any atom is -0.254 e. The summed E-state index contributed by atoms with van der Waals surface area (Å²) in [6.45, 7) is 0. The van der Waals surface area contributed by atoms with Crippen molar-refractivity contribution in [1.82, 2.24) is 4.98 Å². The van der Waals surface area contributed by atoms with E-state index in [1.165, 1.54) is 6.07 Å². The molecular weight excluding hydrogens is 186 g/mol. The Balaban J connectivity index is 3.25. The first-order valence-electron chi connectivity index (χ1n) is 2.99. The molecular formula is C7H3ClF2N2. The van der Waals surface area contributed by atoms with Crippen LogP contribution in [-0.4, -0.2) is 4.98 Å². The van der Waals surface area contributed by atoms with E-state index in [2.05, 4.69) is 4.98 Å². The quantitative estimate of drug-likeness (QED) is 0.679. The maximum atomic E-state index is 12.1. The van der Waals surface area contributed by atoms with E-state index in [0.29, 0.717) is 0 Å². The number of rotatable bonds is 1. The standard InChI is InChI=1S/C7H3ClF2N2/c8-5-4(3-11)1-2-12-6(5)7(9)10/h1-2,7H. The van der Waals surface area contributed by atoms with E-state index in [9.17, 15) is 8.78 Å². The largest absolute Gasteiger partial charge is 0.281 e. The molecule has 5 heteroatoms. The number of aromatic nitrogens is 1. The summed E-state index contributed by atoms with van der Waals surface area (Å²) in [6, 6.07) is 2.97. The third-order valence-corrected chi connectivity index (χ3v) is 1.64. The number of halogens is 3. The maximum Gasteiger partial charge on any atom is 0.281 e. The Hall–Kier alpha value is -1.21. The molecule has 1 aromatic heterocycles. The summed E-state index contributed by atoms with van der Waals surface area (Å²) in [5.74, 6) is 0. The van der Waals surface area contributed by atoms with Gasteiger partial charge in [-0.1, -0.05) is 11.6 Å². The zero-order valence-electron chi connectivity index (χ0n) is 5.76. The highest BCUT2D eigenvalue weighted by Gasteiger charge is 2.15. The first-order chi connectivity index (χ1) is 5.66. The van der Waals surface area contributed by atoms with Crippen LogP contribution in [-0.2, 0) is 0 Å². The smallest absolute Gasteiger partial charge is 0.254 e. The summed E-state index contributed by atoms with van der Waals surface area (Å²) >= 11 is 5.44. The molecule has 1 rings (SSSR count). The van der Waals surface area contributed by atoms with Gasteiger partial charge in [-0.15, -0.1) is 0 Å². The van der Waals surface area contributed by atoms with Crippen molar-refractivity contribution in [2.75, 3.05) is 0 Å². The SMILES string of the molecule is N#Cc1ccnc(C(F)F)c1Cl. The number of hydrogen-bond donors (Lipinski definition) is 0. The Morgan fingerprint density at radius 2 is 2.25 bits per heavy atom. The van der Waals surface area contributed by atoms with Crippen molar-refractivity contribution < 1.29 is 8.78 Å². The van der Waals surface area contributed by atoms with E-state index in [1.54, 1.807) is 6.07 Å². The molecule has 1 heterocycles. The van der Waals surface area contributed by atoms with Gasteiger partial charge in [0.25, 0.3) is 6.43 Å². The van der Waals surface area contributed by atoms with Gasteiger partial charge in [0.15, 0.2) is 0 Å². The second-order valence-electron chi connectivity index (χ2n) is 1.97. The van der Waals surface area contributed by atoms with Gasteiger partial charge in [-0.3, -0.25) is 4.98 Å². The lowest BCUT2D eigenvalue weighted by Gasteiger charge is -2.01. The summed E-state index contributed by atoms with van der Waals surface area (Å²) in [4.78, 5) is 3.35. The highest BCUT2D eigenvalue weighted by atomic mass is 35.5. The fraction of sp³-hybridized carbons (Fsp3) is 0.143. The van der Waals surface area contributed by atoms with E-state index >= 15 is 0 Å². The molecule has 0 aliphatic rings. The van der Waals surface area contributed by atoms with Gasteiger partial charge >= 0.3 is 0 Å². The molecule has 0 N–H and O–H groups in total. The molecule has 0 atom stereocenters. The van der Waals surface area contributed by atoms with E-state index in [4.69, 9.17) is 16.9 Å². The second-order valence-corrected chi connectivity index (χ2v) is 2.35. The summed E-state index contributed by atoms with van der Waals surface area (Å²) in [5, 5.41) is 8.15. The zero-order chi connectivity index (χ0) is 9.14. The molecule has 0 amide bonds. The van der Waals surface area contributed by atoms with Crippen LogP contribution in [0.5, 0.6) is 0 Å². The van der Waals surface area contributed by atoms with E-state index in [1.807, 2.05) is 0 Å². The first-order valence-corrected chi connectivity index (χ1v) is 3.37. The number of hydrogen-bond acceptors (Lipinski definition) is 2. The van der Waals surface area contributed by atoms with Gasteiger partial charge in [0.1, 0.15) is 11.8 Å². The fourth-order valence-corrected chi connectivity index (χ4v) is 0.935. The fourth-order valence-electron chi connectivity index (χ4n) is 0.698. The molecule has 62 valence electrons. The van der Waals surface area contributed by atoms with Gasteiger partial charge in [0.2, 0.25) is 0 Å². The van der Waals surface area contributed by atoms with Gasteiger partial charge < -0.3 is 0 Å². The lowest BCUT2D eigenvalue weighted by atomic mass is 10.2. The van der Waals surface area contributed by atoms with Crippen LogP contribution >= 0.6 is 11.6 Å². The van der Waals surface area contributed by atoms with E-state index < -0.39 is 12.1 Å². The van der Waals surface area contributed by atoms with Gasteiger partial charge in [0, 0.05) is 6.20 Å². The third kappa shape index (κ3) is 1.51. The summed E-state index contributed by atoms with van der Waals surface area (Å²) in [6.07, 6.45) is -1.61. The lowest BCUT2D eigenvalue weighted by Crippen LogP contribution is -1.92. The molecule has 12 heavy (non-hydrogen) atoms. The molecule has 0 aliphatic heterocycles. The van der Waals surface area contributed by atoms with Gasteiger partial charge in [0.05, 0.1) is 10.6 Å². The van der Waals surface area contributed by atoms with Crippen molar-refractivity contribution in [3.63, 3.8) is 0 Å². The van der Waals surface area contributed by atoms with Gasteiger partial charge in [-0.05, 0) is 6.07 Å². The van der Waals surface area contributed by atoms with Crippen molar-refractivity contribution >= 4 is 11.6 Å². The van der Waals surface area contributed by atoms with Crippen LogP contribution in [0.1, 0.15) is 17.7 Å². The van der Waals surface area contributed by atoms with Crippen LogP contribution in [0.2, 0.25) is 5.02 Å². The molecule has 0 unspecified atom stereocenters. The average Bonchev–Trinajstić information content (AvgIpc) is 2.04. The lowest BCUT2D eigenvalue weighted by molar-refractivity contribution is 0.146. The molecule has 0 saturated carbocycles. The highest BCUT2D eigenvalue weighted by molar-refractivity contribution is 6.32. The molecule has 2 nitrogen and oxygen atoms in total. The number of nitrogens with zero attached hydrogens (tertiary/aromatic N) is 2. The molecule has 0 bridgehead atoms. The Morgan fingerprint density at radius 3 is 2.75 bits per heavy atom. The maximum absolute atomic E-state index is 12.1. The number of pyridine rings is 1. The van der Waals surface area contributed by atoms with E-state index in [0.717, 1.165) is 6.20 Å². The van der Waals surface area contributed by atoms with Crippen molar-refractivity contribution in [3.05, 3.63) is 28.5 Å². The third-order valence-electron chi connectivity index (χ3n) is 1.24. The van der Waals surface area contributed by atoms with Crippen LogP contribution in [0.3, 0.4) is 0 Å². The summed E-state index contributed by atoms with van der Waals surface area (Å²) in [7, 11) is 0. The molecule has 0 spiro atoms.